The van der Waals surface area contributed by atoms with Crippen LogP contribution in [0.4, 0.5) is 5.82 Å². The van der Waals surface area contributed by atoms with E-state index in [2.05, 4.69) is 35.7 Å². The van der Waals surface area contributed by atoms with E-state index in [-0.39, 0.29) is 35.5 Å². The molecule has 3 aromatic heterocycles. The normalized spacial score (nSPS) is 11.7. The maximum absolute atomic E-state index is 13.5. The number of para-hydroxylation sites is 1. The van der Waals surface area contributed by atoms with Gasteiger partial charge in [0.2, 0.25) is 0 Å². The molecule has 9 nitrogen and oxygen atoms in total. The number of ether oxygens (including phenoxy) is 1. The number of aromatic amines is 1. The Morgan fingerprint density at radius 3 is 2.43 bits per heavy atom. The molecule has 0 bridgehead atoms. The Hall–Kier alpha value is -5.31. The first-order valence-corrected chi connectivity index (χ1v) is 13.7. The summed E-state index contributed by atoms with van der Waals surface area (Å²) in [6.45, 7) is 6.35. The van der Waals surface area contributed by atoms with Crippen molar-refractivity contribution >= 4 is 33.5 Å². The number of ketones is 1. The molecule has 6 rings (SSSR count). The van der Waals surface area contributed by atoms with Crippen molar-refractivity contribution in [2.45, 2.75) is 39.0 Å². The fourth-order valence-electron chi connectivity index (χ4n) is 4.94. The summed E-state index contributed by atoms with van der Waals surface area (Å²) in [5.41, 5.74) is 9.33. The highest BCUT2D eigenvalue weighted by molar-refractivity contribution is 5.95. The number of pyridine rings is 1. The number of carbonyl (C=O) groups excluding carboxylic acids is 1. The van der Waals surface area contributed by atoms with E-state index in [9.17, 15) is 9.59 Å². The fraction of sp³-hybridized carbons (Fsp3) is 0.182. The van der Waals surface area contributed by atoms with E-state index < -0.39 is 5.56 Å². The molecule has 0 aliphatic rings. The zero-order valence-electron chi connectivity index (χ0n) is 23.6. The third-order valence-corrected chi connectivity index (χ3v) is 7.10. The summed E-state index contributed by atoms with van der Waals surface area (Å²) in [6.07, 6.45) is 2.04. The molecule has 0 saturated carbocycles. The molecule has 9 heteroatoms. The Kier molecular flexibility index (Phi) is 6.78. The van der Waals surface area contributed by atoms with Crippen molar-refractivity contribution in [1.82, 2.24) is 24.7 Å². The van der Waals surface area contributed by atoms with Gasteiger partial charge in [-0.2, -0.15) is 5.10 Å². The molecule has 0 spiro atoms. The molecule has 0 unspecified atom stereocenters. The number of fused-ring (bicyclic) bond motifs is 2. The van der Waals surface area contributed by atoms with Gasteiger partial charge in [0.05, 0.1) is 17.1 Å². The van der Waals surface area contributed by atoms with Gasteiger partial charge in [-0.1, -0.05) is 69.3 Å². The molecule has 42 heavy (non-hydrogen) atoms. The molecular formula is C33H30N6O3. The molecule has 0 saturated heterocycles. The number of Topliss-reactive ketones (excluding diaryl/α,β-unsaturated/α-hetero) is 1. The second kappa shape index (κ2) is 10.6. The van der Waals surface area contributed by atoms with Gasteiger partial charge in [-0.3, -0.25) is 9.59 Å². The van der Waals surface area contributed by atoms with Crippen LogP contribution >= 0.6 is 0 Å². The van der Waals surface area contributed by atoms with Crippen molar-refractivity contribution in [3.8, 4) is 17.2 Å². The highest BCUT2D eigenvalue weighted by Crippen LogP contribution is 2.34. The molecule has 0 radical (unpaired) electrons. The third kappa shape index (κ3) is 5.24. The molecule has 0 aliphatic heterocycles. The van der Waals surface area contributed by atoms with Crippen molar-refractivity contribution in [2.75, 3.05) is 5.73 Å². The highest BCUT2D eigenvalue weighted by Gasteiger charge is 2.22. The first-order valence-electron chi connectivity index (χ1n) is 13.7. The molecule has 0 atom stereocenters. The van der Waals surface area contributed by atoms with E-state index in [1.54, 1.807) is 6.07 Å². The average molecular weight is 559 g/mol. The number of anilines is 1. The molecule has 210 valence electrons. The van der Waals surface area contributed by atoms with Crippen LogP contribution in [0.25, 0.3) is 27.6 Å². The lowest BCUT2D eigenvalue weighted by atomic mass is 9.92. The van der Waals surface area contributed by atoms with Crippen LogP contribution in [0.3, 0.4) is 0 Å². The molecule has 3 heterocycles. The maximum Gasteiger partial charge on any atom is 0.292 e. The van der Waals surface area contributed by atoms with Gasteiger partial charge in [-0.15, -0.1) is 0 Å². The van der Waals surface area contributed by atoms with E-state index >= 15 is 0 Å². The van der Waals surface area contributed by atoms with Crippen LogP contribution in [0.1, 0.15) is 37.7 Å². The summed E-state index contributed by atoms with van der Waals surface area (Å²) in [5, 5.41) is 6.61. The molecule has 6 aromatic rings. The lowest BCUT2D eigenvalue weighted by molar-refractivity contribution is -0.117. The number of benzene rings is 3. The lowest BCUT2D eigenvalue weighted by Crippen LogP contribution is -2.14. The predicted octanol–water partition coefficient (Wildman–Crippen LogP) is 5.68. The van der Waals surface area contributed by atoms with Gasteiger partial charge >= 0.3 is 0 Å². The van der Waals surface area contributed by atoms with E-state index in [0.717, 1.165) is 33.4 Å². The SMILES string of the molecule is CC(C)(C)c1cc(CC(=O)Cc2ccc(Oc3ccnc4[nH]c(=O)c(N)nc34)c3ccccc23)n(-c2ccccc2)n1. The van der Waals surface area contributed by atoms with Gasteiger partial charge in [-0.05, 0) is 35.2 Å². The number of hydrogen-bond acceptors (Lipinski definition) is 7. The van der Waals surface area contributed by atoms with Gasteiger partial charge in [0.1, 0.15) is 11.5 Å². The van der Waals surface area contributed by atoms with Crippen LogP contribution in [0.2, 0.25) is 0 Å². The molecule has 3 aromatic carbocycles. The fourth-order valence-corrected chi connectivity index (χ4v) is 4.94. The van der Waals surface area contributed by atoms with Crippen molar-refractivity contribution < 1.29 is 9.53 Å². The number of carbonyl (C=O) groups is 1. The summed E-state index contributed by atoms with van der Waals surface area (Å²) in [5.74, 6) is 0.899. The van der Waals surface area contributed by atoms with Gasteiger partial charge < -0.3 is 15.5 Å². The zero-order valence-corrected chi connectivity index (χ0v) is 23.6. The number of nitrogens with one attached hydrogen (secondary N) is 1. The first-order chi connectivity index (χ1) is 20.2. The van der Waals surface area contributed by atoms with Crippen LogP contribution in [0, 0.1) is 0 Å². The number of nitrogens with zero attached hydrogens (tertiary/aromatic N) is 4. The minimum atomic E-state index is -0.506. The summed E-state index contributed by atoms with van der Waals surface area (Å²) in [4.78, 5) is 36.4. The Bertz CT molecular complexity index is 2000. The summed E-state index contributed by atoms with van der Waals surface area (Å²) >= 11 is 0. The minimum Gasteiger partial charge on any atom is -0.454 e. The Labute approximate surface area is 242 Å². The van der Waals surface area contributed by atoms with Crippen molar-refractivity contribution in [3.63, 3.8) is 0 Å². The van der Waals surface area contributed by atoms with Gasteiger partial charge in [0.15, 0.2) is 22.7 Å². The number of H-pyrrole nitrogens is 1. The molecule has 0 aliphatic carbocycles. The average Bonchev–Trinajstić information content (AvgIpc) is 3.40. The van der Waals surface area contributed by atoms with Crippen LogP contribution < -0.4 is 16.0 Å². The molecular weight excluding hydrogens is 528 g/mol. The van der Waals surface area contributed by atoms with Crippen LogP contribution in [-0.4, -0.2) is 30.5 Å². The van der Waals surface area contributed by atoms with Crippen LogP contribution in [0.15, 0.2) is 89.9 Å². The second-order valence-corrected chi connectivity index (χ2v) is 11.2. The number of nitrogens with two attached hydrogens (primary N) is 1. The van der Waals surface area contributed by atoms with Gasteiger partial charge in [0.25, 0.3) is 5.56 Å². The van der Waals surface area contributed by atoms with E-state index in [0.29, 0.717) is 17.0 Å². The number of nitrogen functional groups attached to an aromatic ring is 1. The second-order valence-electron chi connectivity index (χ2n) is 11.2. The van der Waals surface area contributed by atoms with Gasteiger partial charge in [-0.25, -0.2) is 14.6 Å². The minimum absolute atomic E-state index is 0.0788. The molecule has 0 fully saturated rings. The Balaban J connectivity index is 1.31. The molecule has 0 amide bonds. The standard InChI is InChI=1S/C33H30N6O3/c1-33(2,3)28-19-22(39(38-28)21-9-5-4-6-10-21)18-23(40)17-20-13-14-26(25-12-8-7-11-24(20)25)42-27-15-16-35-31-29(27)36-30(34)32(41)37-31/h4-16,19H,17-18H2,1-3H3,(H2,34,36)(H,35,37,41). The third-order valence-electron chi connectivity index (χ3n) is 7.10. The quantitative estimate of drug-likeness (QED) is 0.258. The van der Waals surface area contributed by atoms with Crippen molar-refractivity contribution in [3.05, 3.63) is 112 Å². The van der Waals surface area contributed by atoms with E-state index in [1.807, 2.05) is 77.5 Å². The lowest BCUT2D eigenvalue weighted by Gasteiger charge is -2.14. The van der Waals surface area contributed by atoms with E-state index in [4.69, 9.17) is 15.6 Å². The Morgan fingerprint density at radius 1 is 0.929 bits per heavy atom. The van der Waals surface area contributed by atoms with Crippen LogP contribution in [-0.2, 0) is 23.1 Å². The number of rotatable bonds is 7. The van der Waals surface area contributed by atoms with Crippen molar-refractivity contribution in [2.24, 2.45) is 0 Å². The zero-order chi connectivity index (χ0) is 29.4. The summed E-state index contributed by atoms with van der Waals surface area (Å²) in [6, 6.07) is 25.1. The maximum atomic E-state index is 13.5. The summed E-state index contributed by atoms with van der Waals surface area (Å²) in [7, 11) is 0. The predicted molar refractivity (Wildman–Crippen MR) is 163 cm³/mol. The molecule has 3 N–H and O–H groups in total. The van der Waals surface area contributed by atoms with Crippen LogP contribution in [0.5, 0.6) is 11.5 Å². The topological polar surface area (TPSA) is 129 Å². The highest BCUT2D eigenvalue weighted by atomic mass is 16.5. The number of hydrogen-bond donors (Lipinski definition) is 2. The van der Waals surface area contributed by atoms with Gasteiger partial charge in [0, 0.05) is 35.9 Å². The first kappa shape index (κ1) is 26.9. The monoisotopic (exact) mass is 558 g/mol. The number of aromatic nitrogens is 5. The van der Waals surface area contributed by atoms with Crippen molar-refractivity contribution in [1.29, 1.82) is 0 Å². The summed E-state index contributed by atoms with van der Waals surface area (Å²) < 4.78 is 8.15. The van der Waals surface area contributed by atoms with E-state index in [1.165, 1.54) is 6.20 Å². The largest absolute Gasteiger partial charge is 0.454 e. The smallest absolute Gasteiger partial charge is 0.292 e. The Morgan fingerprint density at radius 2 is 1.67 bits per heavy atom.